The van der Waals surface area contributed by atoms with E-state index in [9.17, 15) is 18.0 Å². The van der Waals surface area contributed by atoms with Gasteiger partial charge in [0, 0.05) is 30.8 Å². The van der Waals surface area contributed by atoms with Crippen LogP contribution in [0.5, 0.6) is 0 Å². The number of aryl methyl sites for hydroxylation is 1. The molecular formula is C16H22F3N3O3. The van der Waals surface area contributed by atoms with Crippen LogP contribution in [0.15, 0.2) is 6.20 Å². The zero-order valence-electron chi connectivity index (χ0n) is 14.3. The molecule has 2 aliphatic rings. The molecule has 1 aromatic rings. The molecule has 3 atom stereocenters. The van der Waals surface area contributed by atoms with Crippen molar-refractivity contribution in [2.24, 2.45) is 0 Å². The number of alkyl halides is 3. The fourth-order valence-electron chi connectivity index (χ4n) is 3.67. The molecule has 0 aromatic carbocycles. The molecule has 3 heterocycles. The van der Waals surface area contributed by atoms with Gasteiger partial charge >= 0.3 is 12.1 Å². The Hall–Kier alpha value is -1.61. The highest BCUT2D eigenvalue weighted by molar-refractivity contribution is 5.75. The summed E-state index contributed by atoms with van der Waals surface area (Å²) in [7, 11) is 0. The minimum absolute atomic E-state index is 0.166. The van der Waals surface area contributed by atoms with E-state index in [0.717, 1.165) is 22.7 Å². The summed E-state index contributed by atoms with van der Waals surface area (Å²) in [6, 6.07) is -0.0901. The Morgan fingerprint density at radius 1 is 1.40 bits per heavy atom. The number of halogens is 3. The summed E-state index contributed by atoms with van der Waals surface area (Å²) in [6.07, 6.45) is -1.03. The largest absolute Gasteiger partial charge is 0.492 e. The van der Waals surface area contributed by atoms with Crippen molar-refractivity contribution < 1.29 is 27.5 Å². The van der Waals surface area contributed by atoms with Crippen LogP contribution in [-0.4, -0.2) is 52.8 Å². The molecule has 9 heteroatoms. The SMILES string of the molecule is Cc1cnn([C@H]2CCOC2)c1[C@H]1CCN(OC(=O)C(F)(F)F)[C@H](C)C1. The van der Waals surface area contributed by atoms with Gasteiger partial charge in [0.1, 0.15) is 0 Å². The Morgan fingerprint density at radius 3 is 2.76 bits per heavy atom. The molecule has 1 aromatic heterocycles. The molecule has 140 valence electrons. The molecule has 2 saturated heterocycles. The molecule has 25 heavy (non-hydrogen) atoms. The first kappa shape index (κ1) is 18.2. The van der Waals surface area contributed by atoms with Gasteiger partial charge in [0.2, 0.25) is 0 Å². The fraction of sp³-hybridized carbons (Fsp3) is 0.750. The van der Waals surface area contributed by atoms with Crippen LogP contribution in [0.2, 0.25) is 0 Å². The zero-order valence-corrected chi connectivity index (χ0v) is 14.3. The number of ether oxygens (including phenoxy) is 1. The first-order valence-corrected chi connectivity index (χ1v) is 8.45. The Morgan fingerprint density at radius 2 is 2.16 bits per heavy atom. The van der Waals surface area contributed by atoms with E-state index >= 15 is 0 Å². The Balaban J connectivity index is 1.69. The molecule has 0 unspecified atom stereocenters. The maximum Gasteiger partial charge on any atom is 0.492 e. The lowest BCUT2D eigenvalue weighted by atomic mass is 9.88. The topological polar surface area (TPSA) is 56.6 Å². The highest BCUT2D eigenvalue weighted by Crippen LogP contribution is 2.36. The van der Waals surface area contributed by atoms with Crippen molar-refractivity contribution in [1.29, 1.82) is 0 Å². The highest BCUT2D eigenvalue weighted by Gasteiger charge is 2.44. The minimum atomic E-state index is -4.98. The van der Waals surface area contributed by atoms with Crippen molar-refractivity contribution in [3.05, 3.63) is 17.5 Å². The predicted molar refractivity (Wildman–Crippen MR) is 81.7 cm³/mol. The Kier molecular flexibility index (Phi) is 5.06. The van der Waals surface area contributed by atoms with Crippen LogP contribution < -0.4 is 0 Å². The van der Waals surface area contributed by atoms with E-state index in [2.05, 4.69) is 9.94 Å². The van der Waals surface area contributed by atoms with E-state index in [1.165, 1.54) is 0 Å². The number of hydroxylamine groups is 2. The normalized spacial score (nSPS) is 28.3. The molecule has 3 rings (SSSR count). The van der Waals surface area contributed by atoms with Crippen molar-refractivity contribution in [3.63, 3.8) is 0 Å². The summed E-state index contributed by atoms with van der Waals surface area (Å²) in [4.78, 5) is 15.6. The number of nitrogens with zero attached hydrogens (tertiary/aromatic N) is 3. The van der Waals surface area contributed by atoms with Gasteiger partial charge in [-0.2, -0.15) is 18.3 Å². The molecule has 0 radical (unpaired) electrons. The van der Waals surface area contributed by atoms with Crippen molar-refractivity contribution in [1.82, 2.24) is 14.8 Å². The van der Waals surface area contributed by atoms with Crippen LogP contribution in [0, 0.1) is 6.92 Å². The minimum Gasteiger partial charge on any atom is -0.379 e. The summed E-state index contributed by atoms with van der Waals surface area (Å²) in [5.74, 6) is -2.00. The van der Waals surface area contributed by atoms with Crippen molar-refractivity contribution >= 4 is 5.97 Å². The molecule has 0 spiro atoms. The molecule has 2 aliphatic heterocycles. The first-order valence-electron chi connectivity index (χ1n) is 8.45. The van der Waals surface area contributed by atoms with E-state index in [1.807, 2.05) is 17.8 Å². The van der Waals surface area contributed by atoms with Gasteiger partial charge in [-0.1, -0.05) is 0 Å². The lowest BCUT2D eigenvalue weighted by molar-refractivity contribution is -0.249. The molecule has 0 aliphatic carbocycles. The molecular weight excluding hydrogens is 339 g/mol. The number of carbonyl (C=O) groups excluding carboxylic acids is 1. The van der Waals surface area contributed by atoms with E-state index in [1.54, 1.807) is 6.92 Å². The fourth-order valence-corrected chi connectivity index (χ4v) is 3.67. The summed E-state index contributed by atoms with van der Waals surface area (Å²) >= 11 is 0. The van der Waals surface area contributed by atoms with Crippen LogP contribution in [0.1, 0.15) is 49.4 Å². The molecule has 0 N–H and O–H groups in total. The smallest absolute Gasteiger partial charge is 0.379 e. The van der Waals surface area contributed by atoms with Crippen LogP contribution in [-0.2, 0) is 14.4 Å². The average molecular weight is 361 g/mol. The Bertz CT molecular complexity index is 626. The van der Waals surface area contributed by atoms with Gasteiger partial charge in [0.05, 0.1) is 18.8 Å². The lowest BCUT2D eigenvalue weighted by Gasteiger charge is -2.36. The first-order chi connectivity index (χ1) is 11.8. The van der Waals surface area contributed by atoms with Crippen molar-refractivity contribution in [2.45, 2.75) is 57.3 Å². The van der Waals surface area contributed by atoms with Crippen LogP contribution in [0.4, 0.5) is 13.2 Å². The van der Waals surface area contributed by atoms with E-state index in [-0.39, 0.29) is 24.5 Å². The molecule has 2 fully saturated rings. The monoisotopic (exact) mass is 361 g/mol. The predicted octanol–water partition coefficient (Wildman–Crippen LogP) is 2.74. The summed E-state index contributed by atoms with van der Waals surface area (Å²) in [6.45, 7) is 5.37. The van der Waals surface area contributed by atoms with Gasteiger partial charge in [0.15, 0.2) is 0 Å². The van der Waals surface area contributed by atoms with Crippen molar-refractivity contribution in [3.8, 4) is 0 Å². The molecule has 0 amide bonds. The molecule has 6 nitrogen and oxygen atoms in total. The van der Waals surface area contributed by atoms with Crippen LogP contribution in [0.3, 0.4) is 0 Å². The third kappa shape index (κ3) is 3.82. The number of hydrogen-bond donors (Lipinski definition) is 0. The van der Waals surface area contributed by atoms with E-state index in [0.29, 0.717) is 26.1 Å². The van der Waals surface area contributed by atoms with Gasteiger partial charge in [0.25, 0.3) is 0 Å². The summed E-state index contributed by atoms with van der Waals surface area (Å²) in [5.41, 5.74) is 2.19. The molecule has 0 saturated carbocycles. The number of piperidine rings is 1. The molecule has 0 bridgehead atoms. The van der Waals surface area contributed by atoms with Gasteiger partial charge in [-0.3, -0.25) is 4.68 Å². The maximum absolute atomic E-state index is 12.4. The highest BCUT2D eigenvalue weighted by atomic mass is 19.4. The van der Waals surface area contributed by atoms with E-state index in [4.69, 9.17) is 4.74 Å². The van der Waals surface area contributed by atoms with Crippen molar-refractivity contribution in [2.75, 3.05) is 19.8 Å². The van der Waals surface area contributed by atoms with Gasteiger partial charge in [-0.25, -0.2) is 4.79 Å². The second kappa shape index (κ2) is 6.95. The zero-order chi connectivity index (χ0) is 18.2. The number of rotatable bonds is 3. The van der Waals surface area contributed by atoms with Crippen LogP contribution >= 0.6 is 0 Å². The quantitative estimate of drug-likeness (QED) is 0.829. The average Bonchev–Trinajstić information content (AvgIpc) is 3.17. The standard InChI is InChI=1S/C16H22F3N3O3/c1-10-8-20-22(13-4-6-24-9-13)14(10)12-3-5-21(11(2)7-12)25-15(23)16(17,18)19/h8,11-13H,3-7,9H2,1-2H3/t11-,12+,13+/m1/s1. The van der Waals surface area contributed by atoms with E-state index < -0.39 is 12.1 Å². The van der Waals surface area contributed by atoms with Gasteiger partial charge in [-0.15, -0.1) is 5.06 Å². The summed E-state index contributed by atoms with van der Waals surface area (Å²) < 4.78 is 44.6. The number of hydrogen-bond acceptors (Lipinski definition) is 5. The van der Waals surface area contributed by atoms with Gasteiger partial charge < -0.3 is 9.57 Å². The number of aromatic nitrogens is 2. The lowest BCUT2D eigenvalue weighted by Crippen LogP contribution is -2.44. The second-order valence-electron chi connectivity index (χ2n) is 6.76. The van der Waals surface area contributed by atoms with Gasteiger partial charge in [-0.05, 0) is 38.7 Å². The number of carbonyl (C=O) groups is 1. The maximum atomic E-state index is 12.4. The third-order valence-corrected chi connectivity index (χ3v) is 4.91. The summed E-state index contributed by atoms with van der Waals surface area (Å²) in [5, 5.41) is 5.63. The Labute approximate surface area is 143 Å². The third-order valence-electron chi connectivity index (χ3n) is 4.91. The van der Waals surface area contributed by atoms with Crippen LogP contribution in [0.25, 0.3) is 0 Å². The second-order valence-corrected chi connectivity index (χ2v) is 6.76.